The topological polar surface area (TPSA) is 181 Å². The number of nitrogens with one attached hydrogen (secondary N) is 2. The number of hydrogen-bond donors (Lipinski definition) is 2. The lowest BCUT2D eigenvalue weighted by Gasteiger charge is -2.28. The molecule has 2 heterocycles. The van der Waals surface area contributed by atoms with E-state index in [1.54, 1.807) is 32.0 Å². The fourth-order valence-corrected chi connectivity index (χ4v) is 5.63. The first kappa shape index (κ1) is 33.8. The summed E-state index contributed by atoms with van der Waals surface area (Å²) in [6, 6.07) is 7.66. The van der Waals surface area contributed by atoms with Crippen LogP contribution in [0.25, 0.3) is 0 Å². The number of ether oxygens (including phenoxy) is 3. The van der Waals surface area contributed by atoms with Gasteiger partial charge in [-0.2, -0.15) is 5.09 Å². The van der Waals surface area contributed by atoms with Crippen LogP contribution in [0.1, 0.15) is 53.7 Å². The van der Waals surface area contributed by atoms with Crippen LogP contribution in [0.2, 0.25) is 0 Å². The summed E-state index contributed by atoms with van der Waals surface area (Å²) in [6.07, 6.45) is -4.91. The fraction of sp³-hybridized carbons (Fsp3) is 0.519. The Morgan fingerprint density at radius 3 is 2.42 bits per heavy atom. The number of alkyl halides is 1. The summed E-state index contributed by atoms with van der Waals surface area (Å²) >= 11 is 0. The van der Waals surface area contributed by atoms with Crippen molar-refractivity contribution >= 4 is 25.5 Å². The maximum absolute atomic E-state index is 16.4. The molecule has 1 fully saturated rings. The Labute approximate surface area is 246 Å². The first-order valence-corrected chi connectivity index (χ1v) is 15.0. The van der Waals surface area contributed by atoms with E-state index in [4.69, 9.17) is 23.3 Å². The second-order valence-corrected chi connectivity index (χ2v) is 12.0. The molecule has 1 aromatic heterocycles. The number of aromatic amines is 1. The van der Waals surface area contributed by atoms with Crippen LogP contribution in [0.3, 0.4) is 0 Å². The van der Waals surface area contributed by atoms with Crippen LogP contribution in [0.5, 0.6) is 5.75 Å². The van der Waals surface area contributed by atoms with E-state index in [-0.39, 0.29) is 24.4 Å². The molecule has 3 rings (SSSR count). The Balaban J connectivity index is 1.92. The van der Waals surface area contributed by atoms with Gasteiger partial charge in [0.15, 0.2) is 18.0 Å². The fourth-order valence-electron chi connectivity index (χ4n) is 4.13. The van der Waals surface area contributed by atoms with Crippen molar-refractivity contribution in [1.29, 1.82) is 0 Å². The van der Waals surface area contributed by atoms with Gasteiger partial charge in [0.1, 0.15) is 23.7 Å². The average Bonchev–Trinajstić information content (AvgIpc) is 3.15. The van der Waals surface area contributed by atoms with Crippen LogP contribution < -0.4 is 20.9 Å². The predicted octanol–water partition coefficient (Wildman–Crippen LogP) is 2.58. The minimum Gasteiger partial charge on any atom is -0.462 e. The van der Waals surface area contributed by atoms with Gasteiger partial charge in [-0.3, -0.25) is 28.5 Å². The van der Waals surface area contributed by atoms with Crippen molar-refractivity contribution in [3.63, 3.8) is 0 Å². The summed E-state index contributed by atoms with van der Waals surface area (Å²) in [5.41, 5.74) is -4.32. The van der Waals surface area contributed by atoms with Crippen molar-refractivity contribution in [2.24, 2.45) is 0 Å². The molecule has 1 aliphatic rings. The van der Waals surface area contributed by atoms with Gasteiger partial charge in [-0.15, -0.1) is 0 Å². The summed E-state index contributed by atoms with van der Waals surface area (Å²) in [5.74, 6) is -1.87. The normalized spacial score (nSPS) is 23.7. The summed E-state index contributed by atoms with van der Waals surface area (Å²) in [7, 11) is -4.44. The highest BCUT2D eigenvalue weighted by molar-refractivity contribution is 7.52. The Morgan fingerprint density at radius 2 is 1.81 bits per heavy atom. The molecule has 236 valence electrons. The number of aromatic nitrogens is 2. The van der Waals surface area contributed by atoms with E-state index < -0.39 is 73.8 Å². The molecule has 1 unspecified atom stereocenters. The molecule has 14 nitrogen and oxygen atoms in total. The highest BCUT2D eigenvalue weighted by Gasteiger charge is 2.58. The number of benzene rings is 1. The van der Waals surface area contributed by atoms with Gasteiger partial charge in [-0.25, -0.2) is 13.8 Å². The number of rotatable bonds is 14. The molecule has 0 aliphatic carbocycles. The zero-order valence-electron chi connectivity index (χ0n) is 24.3. The number of hydrogen-bond acceptors (Lipinski definition) is 11. The molecule has 2 aromatic rings. The van der Waals surface area contributed by atoms with Crippen molar-refractivity contribution in [3.05, 3.63) is 63.4 Å². The van der Waals surface area contributed by atoms with E-state index in [0.29, 0.717) is 0 Å². The molecular formula is C27H35FN3O11P. The largest absolute Gasteiger partial charge is 0.462 e. The van der Waals surface area contributed by atoms with E-state index in [1.165, 1.54) is 26.0 Å². The average molecular weight is 628 g/mol. The Morgan fingerprint density at radius 1 is 1.14 bits per heavy atom. The van der Waals surface area contributed by atoms with E-state index in [1.807, 2.05) is 4.98 Å². The molecule has 2 N–H and O–H groups in total. The van der Waals surface area contributed by atoms with Gasteiger partial charge in [0.2, 0.25) is 0 Å². The van der Waals surface area contributed by atoms with Gasteiger partial charge in [0.25, 0.3) is 5.56 Å². The van der Waals surface area contributed by atoms with E-state index in [2.05, 4.69) is 5.09 Å². The lowest BCUT2D eigenvalue weighted by molar-refractivity contribution is -0.159. The van der Waals surface area contributed by atoms with Gasteiger partial charge in [0.05, 0.1) is 19.1 Å². The monoisotopic (exact) mass is 627 g/mol. The molecule has 6 atom stereocenters. The number of halogens is 1. The Bertz CT molecular complexity index is 1460. The number of para-hydroxylation sites is 1. The van der Waals surface area contributed by atoms with Crippen molar-refractivity contribution in [3.8, 4) is 5.75 Å². The van der Waals surface area contributed by atoms with Crippen molar-refractivity contribution in [2.45, 2.75) is 83.7 Å². The summed E-state index contributed by atoms with van der Waals surface area (Å²) in [5, 5.41) is 2.49. The molecule has 1 saturated heterocycles. The molecule has 0 spiro atoms. The molecular weight excluding hydrogens is 592 g/mol. The van der Waals surface area contributed by atoms with Crippen LogP contribution in [0.15, 0.2) is 52.2 Å². The SMILES string of the molecule is CC(=O)CCC(=O)O[C@@H]1[C@@H](COP(=O)(N[C@@H](C)C(=O)OC(C)C)Oc2ccccc2)O[C@@H](n2ccc(=O)[nH]c2=O)[C@]1(C)F. The number of H-pyrrole nitrogens is 1. The second-order valence-electron chi connectivity index (χ2n) is 10.3. The van der Waals surface area contributed by atoms with Crippen molar-refractivity contribution < 1.29 is 46.6 Å². The first-order valence-electron chi connectivity index (χ1n) is 13.4. The minimum absolute atomic E-state index is 0.107. The van der Waals surface area contributed by atoms with Crippen LogP contribution in [-0.4, -0.2) is 63.9 Å². The highest BCUT2D eigenvalue weighted by atomic mass is 31.2. The standard InChI is InChI=1S/C27H35FN3O11P/c1-16(2)39-24(35)18(4)30-43(37,42-19-9-7-6-8-10-19)38-15-20-23(41-22(34)12-11-17(3)32)27(5,28)25(40-20)31-14-13-21(33)29-26(31)36/h6-10,13-14,16,18,20,23,25H,11-12,15H2,1-5H3,(H,30,37)(H,29,33,36)/t18-,20+,23+,25+,27+,43?/m0/s1. The quantitative estimate of drug-likeness (QED) is 0.231. The number of esters is 2. The number of nitrogens with zero attached hydrogens (tertiary/aromatic N) is 1. The maximum atomic E-state index is 16.4. The third-order valence-electron chi connectivity index (χ3n) is 6.16. The first-order chi connectivity index (χ1) is 20.1. The number of ketones is 1. The number of carbonyl (C=O) groups excluding carboxylic acids is 3. The van der Waals surface area contributed by atoms with Gasteiger partial charge >= 0.3 is 25.4 Å². The summed E-state index contributed by atoms with van der Waals surface area (Å²) in [4.78, 5) is 62.4. The van der Waals surface area contributed by atoms with Crippen LogP contribution in [0, 0.1) is 0 Å². The summed E-state index contributed by atoms with van der Waals surface area (Å²) < 4.78 is 58.5. The van der Waals surface area contributed by atoms with E-state index in [0.717, 1.165) is 23.8 Å². The second kappa shape index (κ2) is 14.2. The van der Waals surface area contributed by atoms with Crippen molar-refractivity contribution in [2.75, 3.05) is 6.61 Å². The molecule has 0 bridgehead atoms. The van der Waals surface area contributed by atoms with Crippen LogP contribution >= 0.6 is 7.75 Å². The van der Waals surface area contributed by atoms with Gasteiger partial charge in [-0.05, 0) is 46.8 Å². The Kier molecular flexibility index (Phi) is 11.2. The Hall–Kier alpha value is -3.65. The smallest absolute Gasteiger partial charge is 0.459 e. The van der Waals surface area contributed by atoms with Gasteiger partial charge in [-0.1, -0.05) is 18.2 Å². The molecule has 0 radical (unpaired) electrons. The van der Waals surface area contributed by atoms with Crippen molar-refractivity contribution in [1.82, 2.24) is 14.6 Å². The minimum atomic E-state index is -4.44. The molecule has 16 heteroatoms. The van der Waals surface area contributed by atoms with Gasteiger partial charge in [0, 0.05) is 18.7 Å². The molecule has 1 aliphatic heterocycles. The van der Waals surface area contributed by atoms with Crippen LogP contribution in [-0.2, 0) is 37.7 Å². The molecule has 0 saturated carbocycles. The highest BCUT2D eigenvalue weighted by Crippen LogP contribution is 2.48. The van der Waals surface area contributed by atoms with Gasteiger partial charge < -0.3 is 23.5 Å². The zero-order chi connectivity index (χ0) is 31.9. The number of carbonyl (C=O) groups is 3. The lowest BCUT2D eigenvalue weighted by Crippen LogP contribution is -2.46. The third-order valence-corrected chi connectivity index (χ3v) is 7.80. The van der Waals surface area contributed by atoms with Crippen LogP contribution in [0.4, 0.5) is 4.39 Å². The third kappa shape index (κ3) is 9.17. The summed E-state index contributed by atoms with van der Waals surface area (Å²) in [6.45, 7) is 6.21. The maximum Gasteiger partial charge on any atom is 0.459 e. The van der Waals surface area contributed by atoms with E-state index in [9.17, 15) is 28.5 Å². The molecule has 0 amide bonds. The number of Topliss-reactive ketones (excluding diaryl/α,β-unsaturated/α-hetero) is 1. The molecule has 43 heavy (non-hydrogen) atoms. The zero-order valence-corrected chi connectivity index (χ0v) is 25.2. The van der Waals surface area contributed by atoms with E-state index >= 15 is 4.39 Å². The lowest BCUT2D eigenvalue weighted by atomic mass is 9.98. The predicted molar refractivity (Wildman–Crippen MR) is 149 cm³/mol. The molecule has 1 aromatic carbocycles.